The minimum atomic E-state index is 0.164. The molecule has 1 aliphatic heterocycles. The van der Waals surface area contributed by atoms with Gasteiger partial charge in [-0.3, -0.25) is 9.20 Å². The van der Waals surface area contributed by atoms with Crippen molar-refractivity contribution in [2.24, 2.45) is 10.8 Å². The Hall–Kier alpha value is -1.84. The Balaban J connectivity index is 1.75. The third kappa shape index (κ3) is 2.35. The maximum atomic E-state index is 13.5. The van der Waals surface area contributed by atoms with Crippen molar-refractivity contribution in [1.29, 1.82) is 0 Å². The highest BCUT2D eigenvalue weighted by Crippen LogP contribution is 2.52. The highest BCUT2D eigenvalue weighted by Gasteiger charge is 2.51. The second-order valence-corrected chi connectivity index (χ2v) is 8.84. The van der Waals surface area contributed by atoms with E-state index < -0.39 is 0 Å². The van der Waals surface area contributed by atoms with Gasteiger partial charge in [-0.1, -0.05) is 33.8 Å². The fourth-order valence-electron chi connectivity index (χ4n) is 5.35. The summed E-state index contributed by atoms with van der Waals surface area (Å²) in [5.74, 6) is 0.164. The molecular weight excluding hydrogens is 298 g/mol. The number of hydrogen-bond donors (Lipinski definition) is 0. The van der Waals surface area contributed by atoms with Crippen LogP contribution in [0.25, 0.3) is 5.65 Å². The fraction of sp³-hybridized carbons (Fsp3) is 0.600. The van der Waals surface area contributed by atoms with E-state index >= 15 is 0 Å². The highest BCUT2D eigenvalue weighted by atomic mass is 16.2. The molecule has 1 amide bonds. The predicted octanol–water partition coefficient (Wildman–Crippen LogP) is 3.94. The Morgan fingerprint density at radius 2 is 2.08 bits per heavy atom. The summed E-state index contributed by atoms with van der Waals surface area (Å²) in [5, 5.41) is 0. The van der Waals surface area contributed by atoms with Gasteiger partial charge in [0.05, 0.1) is 5.69 Å². The molecule has 0 radical (unpaired) electrons. The van der Waals surface area contributed by atoms with E-state index in [2.05, 4.69) is 37.6 Å². The lowest BCUT2D eigenvalue weighted by Crippen LogP contribution is -2.38. The van der Waals surface area contributed by atoms with Gasteiger partial charge in [-0.2, -0.15) is 0 Å². The standard InChI is InChI=1S/C20H27N3O/c1-5-15-17(22-9-7-6-8-16(22)21-15)18(24)23-13-20(4)11-14(23)10-19(2,3)12-20/h6-9,14H,5,10-13H2,1-4H3. The number of hydrogen-bond acceptors (Lipinski definition) is 2. The summed E-state index contributed by atoms with van der Waals surface area (Å²) in [6.07, 6.45) is 6.19. The van der Waals surface area contributed by atoms with Gasteiger partial charge >= 0.3 is 0 Å². The van der Waals surface area contributed by atoms with Crippen LogP contribution in [0.15, 0.2) is 24.4 Å². The van der Waals surface area contributed by atoms with Crippen molar-refractivity contribution in [2.45, 2.75) is 59.4 Å². The summed E-state index contributed by atoms with van der Waals surface area (Å²) in [7, 11) is 0. The number of carbonyl (C=O) groups excluding carboxylic acids is 1. The smallest absolute Gasteiger partial charge is 0.273 e. The summed E-state index contributed by atoms with van der Waals surface area (Å²) in [5.41, 5.74) is 3.12. The topological polar surface area (TPSA) is 37.6 Å². The molecule has 2 unspecified atom stereocenters. The molecule has 2 atom stereocenters. The number of fused-ring (bicyclic) bond motifs is 3. The van der Waals surface area contributed by atoms with Crippen molar-refractivity contribution >= 4 is 11.6 Å². The van der Waals surface area contributed by atoms with Gasteiger partial charge < -0.3 is 4.90 Å². The van der Waals surface area contributed by atoms with Crippen LogP contribution in [0, 0.1) is 10.8 Å². The third-order valence-corrected chi connectivity index (χ3v) is 5.82. The van der Waals surface area contributed by atoms with Crippen LogP contribution < -0.4 is 0 Å². The van der Waals surface area contributed by atoms with E-state index in [4.69, 9.17) is 0 Å². The summed E-state index contributed by atoms with van der Waals surface area (Å²) in [6.45, 7) is 9.99. The van der Waals surface area contributed by atoms with E-state index in [0.717, 1.165) is 42.8 Å². The molecule has 0 aromatic carbocycles. The zero-order chi connectivity index (χ0) is 17.1. The van der Waals surface area contributed by atoms with E-state index in [1.165, 1.54) is 6.42 Å². The van der Waals surface area contributed by atoms with Gasteiger partial charge in [0.15, 0.2) is 0 Å². The van der Waals surface area contributed by atoms with E-state index in [-0.39, 0.29) is 11.3 Å². The molecule has 3 heterocycles. The average Bonchev–Trinajstić information content (AvgIpc) is 3.00. The Kier molecular flexibility index (Phi) is 3.32. The van der Waals surface area contributed by atoms with E-state index in [0.29, 0.717) is 11.5 Å². The monoisotopic (exact) mass is 325 g/mol. The Bertz CT molecular complexity index is 806. The quantitative estimate of drug-likeness (QED) is 0.839. The lowest BCUT2D eigenvalue weighted by Gasteiger charge is -2.39. The Labute approximate surface area is 143 Å². The van der Waals surface area contributed by atoms with Gasteiger partial charge in [0.2, 0.25) is 0 Å². The Morgan fingerprint density at radius 1 is 1.29 bits per heavy atom. The first kappa shape index (κ1) is 15.7. The molecule has 2 aromatic heterocycles. The molecule has 128 valence electrons. The predicted molar refractivity (Wildman–Crippen MR) is 95.1 cm³/mol. The first-order valence-electron chi connectivity index (χ1n) is 9.09. The maximum Gasteiger partial charge on any atom is 0.273 e. The molecule has 1 saturated carbocycles. The number of pyridine rings is 1. The number of aryl methyl sites for hydroxylation is 1. The summed E-state index contributed by atoms with van der Waals surface area (Å²) >= 11 is 0. The molecule has 4 nitrogen and oxygen atoms in total. The number of imidazole rings is 1. The second kappa shape index (κ2) is 5.08. The molecule has 2 bridgehead atoms. The highest BCUT2D eigenvalue weighted by molar-refractivity contribution is 5.95. The van der Waals surface area contributed by atoms with Gasteiger partial charge in [-0.15, -0.1) is 0 Å². The van der Waals surface area contributed by atoms with Crippen molar-refractivity contribution in [3.63, 3.8) is 0 Å². The maximum absolute atomic E-state index is 13.5. The van der Waals surface area contributed by atoms with Crippen molar-refractivity contribution in [1.82, 2.24) is 14.3 Å². The minimum Gasteiger partial charge on any atom is -0.334 e. The second-order valence-electron chi connectivity index (χ2n) is 8.84. The van der Waals surface area contributed by atoms with E-state index in [1.807, 2.05) is 28.8 Å². The van der Waals surface area contributed by atoms with Crippen LogP contribution in [0.5, 0.6) is 0 Å². The van der Waals surface area contributed by atoms with Crippen LogP contribution in [0.1, 0.15) is 63.1 Å². The zero-order valence-electron chi connectivity index (χ0n) is 15.2. The first-order valence-corrected chi connectivity index (χ1v) is 9.09. The van der Waals surface area contributed by atoms with Crippen LogP contribution in [0.2, 0.25) is 0 Å². The van der Waals surface area contributed by atoms with Crippen molar-refractivity contribution in [3.05, 3.63) is 35.8 Å². The van der Waals surface area contributed by atoms with Crippen molar-refractivity contribution in [3.8, 4) is 0 Å². The largest absolute Gasteiger partial charge is 0.334 e. The summed E-state index contributed by atoms with van der Waals surface area (Å²) in [4.78, 5) is 20.3. The van der Waals surface area contributed by atoms with Crippen molar-refractivity contribution in [2.75, 3.05) is 6.54 Å². The first-order chi connectivity index (χ1) is 11.3. The van der Waals surface area contributed by atoms with Gasteiger partial charge in [-0.25, -0.2) is 4.98 Å². The van der Waals surface area contributed by atoms with Gasteiger partial charge in [0.25, 0.3) is 5.91 Å². The molecule has 4 rings (SSSR count). The molecule has 2 fully saturated rings. The van der Waals surface area contributed by atoms with E-state index in [9.17, 15) is 4.79 Å². The molecule has 1 aliphatic carbocycles. The van der Waals surface area contributed by atoms with Gasteiger partial charge in [0.1, 0.15) is 11.3 Å². The van der Waals surface area contributed by atoms with Gasteiger partial charge in [0, 0.05) is 18.8 Å². The number of amides is 1. The summed E-state index contributed by atoms with van der Waals surface area (Å²) in [6, 6.07) is 6.29. The molecule has 24 heavy (non-hydrogen) atoms. The number of nitrogens with zero attached hydrogens (tertiary/aromatic N) is 3. The van der Waals surface area contributed by atoms with Crippen molar-refractivity contribution < 1.29 is 4.79 Å². The van der Waals surface area contributed by atoms with Gasteiger partial charge in [-0.05, 0) is 48.6 Å². The number of carbonyl (C=O) groups is 1. The lowest BCUT2D eigenvalue weighted by atomic mass is 9.65. The zero-order valence-corrected chi connectivity index (χ0v) is 15.2. The van der Waals surface area contributed by atoms with E-state index in [1.54, 1.807) is 0 Å². The lowest BCUT2D eigenvalue weighted by molar-refractivity contribution is 0.0700. The molecule has 0 spiro atoms. The summed E-state index contributed by atoms with van der Waals surface area (Å²) < 4.78 is 1.97. The SMILES string of the molecule is CCc1nc2ccccn2c1C(=O)N1CC2(C)CC1CC(C)(C)C2. The number of likely N-dealkylation sites (tertiary alicyclic amines) is 1. The molecular formula is C20H27N3O. The number of rotatable bonds is 2. The Morgan fingerprint density at radius 3 is 2.83 bits per heavy atom. The van der Waals surface area contributed by atoms with Crippen LogP contribution in [0.3, 0.4) is 0 Å². The normalized spacial score (nSPS) is 28.5. The van der Waals surface area contributed by atoms with Crippen LogP contribution >= 0.6 is 0 Å². The van der Waals surface area contributed by atoms with Crippen LogP contribution in [-0.4, -0.2) is 32.8 Å². The van der Waals surface area contributed by atoms with Crippen LogP contribution in [-0.2, 0) is 6.42 Å². The molecule has 2 aliphatic rings. The minimum absolute atomic E-state index is 0.164. The fourth-order valence-corrected chi connectivity index (χ4v) is 5.35. The van der Waals surface area contributed by atoms with Crippen LogP contribution in [0.4, 0.5) is 0 Å². The molecule has 1 saturated heterocycles. The molecule has 0 N–H and O–H groups in total. The average molecular weight is 325 g/mol. The number of aromatic nitrogens is 2. The molecule has 2 aromatic rings. The third-order valence-electron chi connectivity index (χ3n) is 5.82. The molecule has 4 heteroatoms.